The number of nitrogens with zero attached hydrogens (tertiary/aromatic N) is 1. The van der Waals surface area contributed by atoms with Crippen LogP contribution in [-0.4, -0.2) is 18.9 Å². The van der Waals surface area contributed by atoms with E-state index >= 15 is 0 Å². The van der Waals surface area contributed by atoms with Crippen molar-refractivity contribution < 1.29 is 9.18 Å². The minimum Gasteiger partial charge on any atom is -0.371 e. The third kappa shape index (κ3) is 2.97. The molecular weight excluding hydrogens is 265 g/mol. The molecule has 1 aliphatic rings. The molecule has 0 radical (unpaired) electrons. The van der Waals surface area contributed by atoms with E-state index in [2.05, 4.69) is 17.0 Å². The van der Waals surface area contributed by atoms with Crippen LogP contribution in [0.2, 0.25) is 0 Å². The number of ketones is 1. The van der Waals surface area contributed by atoms with Crippen molar-refractivity contribution in [3.63, 3.8) is 0 Å². The zero-order valence-corrected chi connectivity index (χ0v) is 11.9. The molecule has 0 amide bonds. The summed E-state index contributed by atoms with van der Waals surface area (Å²) in [5.41, 5.74) is 2.75. The lowest BCUT2D eigenvalue weighted by Gasteiger charge is -2.31. The molecule has 0 aromatic heterocycles. The number of anilines is 1. The van der Waals surface area contributed by atoms with E-state index in [0.717, 1.165) is 19.4 Å². The average molecular weight is 283 g/mol. The topological polar surface area (TPSA) is 20.3 Å². The van der Waals surface area contributed by atoms with Crippen molar-refractivity contribution >= 4 is 11.5 Å². The van der Waals surface area contributed by atoms with Crippen LogP contribution in [0, 0.1) is 5.82 Å². The number of hydrogen-bond acceptors (Lipinski definition) is 2. The third-order valence-electron chi connectivity index (χ3n) is 3.99. The smallest absolute Gasteiger partial charge is 0.167 e. The molecule has 0 bridgehead atoms. The number of fused-ring (bicyclic) bond motifs is 1. The molecule has 2 aromatic carbocycles. The van der Waals surface area contributed by atoms with Crippen LogP contribution < -0.4 is 4.90 Å². The van der Waals surface area contributed by atoms with E-state index < -0.39 is 5.82 Å². The second-order valence-electron chi connectivity index (χ2n) is 5.37. The summed E-state index contributed by atoms with van der Waals surface area (Å²) in [4.78, 5) is 14.4. The maximum absolute atomic E-state index is 13.6. The number of aryl methyl sites for hydroxylation is 1. The number of para-hydroxylation sites is 1. The predicted octanol–water partition coefficient (Wildman–Crippen LogP) is 3.85. The van der Waals surface area contributed by atoms with Gasteiger partial charge in [-0.1, -0.05) is 30.3 Å². The molecule has 108 valence electrons. The van der Waals surface area contributed by atoms with Gasteiger partial charge in [0.1, 0.15) is 5.82 Å². The van der Waals surface area contributed by atoms with Gasteiger partial charge in [0.25, 0.3) is 0 Å². The number of carbonyl (C=O) groups is 1. The average Bonchev–Trinajstić information content (AvgIpc) is 2.53. The molecule has 2 aromatic rings. The van der Waals surface area contributed by atoms with Gasteiger partial charge in [-0.05, 0) is 36.6 Å². The number of Topliss-reactive ketones (excluding diaryl/α,β-unsaturated/α-hetero) is 1. The van der Waals surface area contributed by atoms with Gasteiger partial charge in [0.15, 0.2) is 5.78 Å². The molecule has 3 heteroatoms. The van der Waals surface area contributed by atoms with E-state index in [0.29, 0.717) is 13.0 Å². The van der Waals surface area contributed by atoms with E-state index in [-0.39, 0.29) is 11.3 Å². The standard InChI is InChI=1S/C18H18FNO/c19-16-9-3-2-8-15(16)18(21)11-13-20-12-5-7-14-6-1-4-10-17(14)20/h1-4,6,8-10H,5,7,11-13H2. The molecule has 0 saturated carbocycles. The maximum Gasteiger partial charge on any atom is 0.167 e. The minimum absolute atomic E-state index is 0.129. The molecular formula is C18H18FNO. The lowest BCUT2D eigenvalue weighted by atomic mass is 10.0. The Hall–Kier alpha value is -2.16. The lowest BCUT2D eigenvalue weighted by Crippen LogP contribution is -2.31. The van der Waals surface area contributed by atoms with Crippen LogP contribution in [0.15, 0.2) is 48.5 Å². The molecule has 0 spiro atoms. The first kappa shape index (κ1) is 13.8. The highest BCUT2D eigenvalue weighted by molar-refractivity contribution is 5.96. The summed E-state index contributed by atoms with van der Waals surface area (Å²) in [5, 5.41) is 0. The Bertz CT molecular complexity index is 653. The quantitative estimate of drug-likeness (QED) is 0.794. The van der Waals surface area contributed by atoms with Gasteiger partial charge in [0, 0.05) is 25.2 Å². The molecule has 0 atom stereocenters. The van der Waals surface area contributed by atoms with E-state index in [4.69, 9.17) is 0 Å². The van der Waals surface area contributed by atoms with Gasteiger partial charge >= 0.3 is 0 Å². The number of carbonyl (C=O) groups excluding carboxylic acids is 1. The lowest BCUT2D eigenvalue weighted by molar-refractivity contribution is 0.0980. The molecule has 0 fully saturated rings. The zero-order chi connectivity index (χ0) is 14.7. The van der Waals surface area contributed by atoms with E-state index in [1.807, 2.05) is 12.1 Å². The number of hydrogen-bond donors (Lipinski definition) is 0. The second kappa shape index (κ2) is 6.08. The van der Waals surface area contributed by atoms with Crippen LogP contribution in [0.25, 0.3) is 0 Å². The molecule has 0 aliphatic carbocycles. The Balaban J connectivity index is 1.69. The van der Waals surface area contributed by atoms with Crippen molar-refractivity contribution in [1.29, 1.82) is 0 Å². The summed E-state index contributed by atoms with van der Waals surface area (Å²) >= 11 is 0. The summed E-state index contributed by atoms with van der Waals surface area (Å²) in [7, 11) is 0. The van der Waals surface area contributed by atoms with E-state index in [1.54, 1.807) is 18.2 Å². The molecule has 0 N–H and O–H groups in total. The summed E-state index contributed by atoms with van der Waals surface area (Å²) in [6, 6.07) is 14.5. The fourth-order valence-electron chi connectivity index (χ4n) is 2.90. The highest BCUT2D eigenvalue weighted by Crippen LogP contribution is 2.26. The molecule has 2 nitrogen and oxygen atoms in total. The molecule has 21 heavy (non-hydrogen) atoms. The van der Waals surface area contributed by atoms with Crippen LogP contribution in [0.4, 0.5) is 10.1 Å². The van der Waals surface area contributed by atoms with Crippen molar-refractivity contribution in [1.82, 2.24) is 0 Å². The molecule has 1 aliphatic heterocycles. The van der Waals surface area contributed by atoms with E-state index in [1.165, 1.54) is 17.3 Å². The first-order chi connectivity index (χ1) is 10.3. The Morgan fingerprint density at radius 2 is 1.86 bits per heavy atom. The van der Waals surface area contributed by atoms with Crippen LogP contribution >= 0.6 is 0 Å². The largest absolute Gasteiger partial charge is 0.371 e. The van der Waals surface area contributed by atoms with Crippen molar-refractivity contribution in [3.05, 3.63) is 65.5 Å². The van der Waals surface area contributed by atoms with Gasteiger partial charge in [-0.2, -0.15) is 0 Å². The summed E-state index contributed by atoms with van der Waals surface area (Å²) in [5.74, 6) is -0.558. The highest BCUT2D eigenvalue weighted by Gasteiger charge is 2.18. The third-order valence-corrected chi connectivity index (χ3v) is 3.99. The van der Waals surface area contributed by atoms with Crippen LogP contribution in [0.3, 0.4) is 0 Å². The SMILES string of the molecule is O=C(CCN1CCCc2ccccc21)c1ccccc1F. The van der Waals surface area contributed by atoms with Gasteiger partial charge in [0.2, 0.25) is 0 Å². The minimum atomic E-state index is -0.429. The first-order valence-electron chi connectivity index (χ1n) is 7.36. The van der Waals surface area contributed by atoms with Crippen molar-refractivity contribution in [2.45, 2.75) is 19.3 Å². The number of benzene rings is 2. The van der Waals surface area contributed by atoms with Crippen LogP contribution in [0.1, 0.15) is 28.8 Å². The Kier molecular flexibility index (Phi) is 4.00. The van der Waals surface area contributed by atoms with Crippen molar-refractivity contribution in [2.24, 2.45) is 0 Å². The number of halogens is 1. The molecule has 0 saturated heterocycles. The van der Waals surface area contributed by atoms with Crippen LogP contribution in [-0.2, 0) is 6.42 Å². The Morgan fingerprint density at radius 3 is 2.71 bits per heavy atom. The zero-order valence-electron chi connectivity index (χ0n) is 11.9. The molecule has 3 rings (SSSR count). The van der Waals surface area contributed by atoms with Gasteiger partial charge in [0.05, 0.1) is 5.56 Å². The fourth-order valence-corrected chi connectivity index (χ4v) is 2.90. The maximum atomic E-state index is 13.6. The Morgan fingerprint density at radius 1 is 1.10 bits per heavy atom. The van der Waals surface area contributed by atoms with Crippen molar-refractivity contribution in [2.75, 3.05) is 18.0 Å². The monoisotopic (exact) mass is 283 g/mol. The number of rotatable bonds is 4. The second-order valence-corrected chi connectivity index (χ2v) is 5.37. The summed E-state index contributed by atoms with van der Waals surface area (Å²) in [6.07, 6.45) is 2.54. The summed E-state index contributed by atoms with van der Waals surface area (Å²) in [6.45, 7) is 1.60. The van der Waals surface area contributed by atoms with E-state index in [9.17, 15) is 9.18 Å². The van der Waals surface area contributed by atoms with Crippen LogP contribution in [0.5, 0.6) is 0 Å². The normalized spacial score (nSPS) is 13.9. The molecule has 0 unspecified atom stereocenters. The van der Waals surface area contributed by atoms with Gasteiger partial charge in [-0.3, -0.25) is 4.79 Å². The Labute approximate surface area is 124 Å². The van der Waals surface area contributed by atoms with Gasteiger partial charge in [-0.15, -0.1) is 0 Å². The summed E-state index contributed by atoms with van der Waals surface area (Å²) < 4.78 is 13.6. The predicted molar refractivity (Wildman–Crippen MR) is 82.3 cm³/mol. The van der Waals surface area contributed by atoms with Crippen molar-refractivity contribution in [3.8, 4) is 0 Å². The molecule has 1 heterocycles. The van der Waals surface area contributed by atoms with Gasteiger partial charge in [-0.25, -0.2) is 4.39 Å². The highest BCUT2D eigenvalue weighted by atomic mass is 19.1. The fraction of sp³-hybridized carbons (Fsp3) is 0.278. The first-order valence-corrected chi connectivity index (χ1v) is 7.36. The van der Waals surface area contributed by atoms with Gasteiger partial charge < -0.3 is 4.90 Å².